The molecule has 3 atom stereocenters. The van der Waals surface area contributed by atoms with Gasteiger partial charge in [-0.05, 0) is 75.2 Å². The van der Waals surface area contributed by atoms with Crippen LogP contribution in [0.25, 0.3) is 0 Å². The molecule has 9 nitrogen and oxygen atoms in total. The van der Waals surface area contributed by atoms with Crippen molar-refractivity contribution in [3.63, 3.8) is 0 Å². The molecule has 1 spiro atoms. The largest absolute Gasteiger partial charge is 0.462 e. The first-order valence-electron chi connectivity index (χ1n) is 15.0. The third-order valence-corrected chi connectivity index (χ3v) is 9.68. The smallest absolute Gasteiger partial charge is 0.318 e. The standard InChI is InChI=1S/C32H41N7O2/c1-4-29(40)39-17-16-38(20-24(39)12-14-33)30-26-11-13-32(18-23-8-5-6-10-28(23)37(3)22-32)19-27(26)34-31(35-30)41-21-25-9-7-15-36(25)2/h4-6,8,10,24-25H,1,7,9,11-13,15-22H2,2-3H3/t24-,25-,32+/m0/s1. The summed E-state index contributed by atoms with van der Waals surface area (Å²) >= 11 is 0. The molecule has 0 N–H and O–H groups in total. The number of nitrogens with zero attached hydrogens (tertiary/aromatic N) is 7. The quantitative estimate of drug-likeness (QED) is 0.502. The summed E-state index contributed by atoms with van der Waals surface area (Å²) in [5.41, 5.74) is 5.13. The summed E-state index contributed by atoms with van der Waals surface area (Å²) < 4.78 is 6.33. The number of aromatic nitrogens is 2. The van der Waals surface area contributed by atoms with E-state index in [4.69, 9.17) is 14.7 Å². The lowest BCUT2D eigenvalue weighted by atomic mass is 9.67. The highest BCUT2D eigenvalue weighted by Gasteiger charge is 2.42. The number of amides is 1. The van der Waals surface area contributed by atoms with Gasteiger partial charge in [-0.2, -0.15) is 15.2 Å². The predicted octanol–water partition coefficient (Wildman–Crippen LogP) is 3.23. The van der Waals surface area contributed by atoms with Crippen LogP contribution < -0.4 is 14.5 Å². The SMILES string of the molecule is C=CC(=O)N1CCN(c2nc(OC[C@@H]3CCCN3C)nc3c2CC[C@@]2(Cc4ccccc4N(C)C2)C3)C[C@@H]1CC#N. The first kappa shape index (κ1) is 27.5. The number of benzene rings is 1. The third-order valence-electron chi connectivity index (χ3n) is 9.68. The van der Waals surface area contributed by atoms with Crippen LogP contribution in [0.15, 0.2) is 36.9 Å². The van der Waals surface area contributed by atoms with Gasteiger partial charge in [-0.1, -0.05) is 24.8 Å². The number of carbonyl (C=O) groups excluding carboxylic acids is 1. The Bertz CT molecular complexity index is 1360. The number of carbonyl (C=O) groups is 1. The van der Waals surface area contributed by atoms with Crippen LogP contribution in [0.4, 0.5) is 11.5 Å². The molecule has 0 unspecified atom stereocenters. The number of rotatable bonds is 6. The normalized spacial score (nSPS) is 25.9. The van der Waals surface area contributed by atoms with Gasteiger partial charge in [0.2, 0.25) is 5.91 Å². The van der Waals surface area contributed by atoms with Gasteiger partial charge in [-0.3, -0.25) is 4.79 Å². The van der Waals surface area contributed by atoms with Crippen molar-refractivity contribution in [2.24, 2.45) is 5.41 Å². The second-order valence-electron chi connectivity index (χ2n) is 12.4. The lowest BCUT2D eigenvalue weighted by Crippen LogP contribution is -2.55. The fraction of sp³-hybridized carbons (Fsp3) is 0.562. The van der Waals surface area contributed by atoms with Crippen molar-refractivity contribution in [1.29, 1.82) is 5.26 Å². The number of piperazine rings is 1. The Kier molecular flexibility index (Phi) is 7.60. The van der Waals surface area contributed by atoms with Gasteiger partial charge in [0.25, 0.3) is 0 Å². The van der Waals surface area contributed by atoms with Crippen molar-refractivity contribution >= 4 is 17.4 Å². The Morgan fingerprint density at radius 3 is 2.83 bits per heavy atom. The summed E-state index contributed by atoms with van der Waals surface area (Å²) in [6.07, 6.45) is 7.83. The van der Waals surface area contributed by atoms with E-state index >= 15 is 0 Å². The molecule has 2 saturated heterocycles. The summed E-state index contributed by atoms with van der Waals surface area (Å²) in [6, 6.07) is 11.6. The Hall–Kier alpha value is -3.64. The van der Waals surface area contributed by atoms with E-state index in [9.17, 15) is 10.1 Å². The lowest BCUT2D eigenvalue weighted by molar-refractivity contribution is -0.128. The minimum atomic E-state index is -0.209. The number of anilines is 2. The van der Waals surface area contributed by atoms with Crippen molar-refractivity contribution in [1.82, 2.24) is 19.8 Å². The van der Waals surface area contributed by atoms with E-state index in [2.05, 4.69) is 65.7 Å². The van der Waals surface area contributed by atoms with Crippen LogP contribution in [0.1, 0.15) is 42.5 Å². The predicted molar refractivity (Wildman–Crippen MR) is 159 cm³/mol. The number of likely N-dealkylation sites (N-methyl/N-ethyl adjacent to an activating group) is 1. The van der Waals surface area contributed by atoms with Gasteiger partial charge in [-0.25, -0.2) is 0 Å². The van der Waals surface area contributed by atoms with Crippen molar-refractivity contribution in [3.8, 4) is 12.1 Å². The molecule has 9 heteroatoms. The Balaban J connectivity index is 1.32. The fourth-order valence-electron chi connectivity index (χ4n) is 7.52. The van der Waals surface area contributed by atoms with E-state index in [1.54, 1.807) is 4.90 Å². The topological polar surface area (TPSA) is 88.8 Å². The molecular weight excluding hydrogens is 514 g/mol. The van der Waals surface area contributed by atoms with Gasteiger partial charge >= 0.3 is 6.01 Å². The molecule has 41 heavy (non-hydrogen) atoms. The number of likely N-dealkylation sites (tertiary alicyclic amines) is 1. The van der Waals surface area contributed by atoms with Crippen molar-refractivity contribution in [3.05, 3.63) is 53.7 Å². The molecule has 0 saturated carbocycles. The first-order valence-corrected chi connectivity index (χ1v) is 15.0. The van der Waals surface area contributed by atoms with E-state index in [0.717, 1.165) is 56.7 Å². The van der Waals surface area contributed by atoms with Gasteiger partial charge in [-0.15, -0.1) is 0 Å². The molecule has 1 aliphatic carbocycles. The molecule has 3 aliphatic heterocycles. The van der Waals surface area contributed by atoms with E-state index in [1.165, 1.54) is 29.3 Å². The van der Waals surface area contributed by atoms with Crippen LogP contribution in [-0.4, -0.2) is 91.2 Å². The molecule has 2 aromatic rings. The van der Waals surface area contributed by atoms with Crippen LogP contribution in [0.2, 0.25) is 0 Å². The van der Waals surface area contributed by atoms with Gasteiger partial charge in [0.15, 0.2) is 0 Å². The molecular formula is C32H41N7O2. The number of para-hydroxylation sites is 1. The second-order valence-corrected chi connectivity index (χ2v) is 12.4. The molecule has 4 aliphatic rings. The highest BCUT2D eigenvalue weighted by atomic mass is 16.5. The maximum atomic E-state index is 12.5. The highest BCUT2D eigenvalue weighted by Crippen LogP contribution is 2.46. The molecule has 0 radical (unpaired) electrons. The average Bonchev–Trinajstić information content (AvgIpc) is 3.39. The van der Waals surface area contributed by atoms with Gasteiger partial charge in [0, 0.05) is 50.5 Å². The van der Waals surface area contributed by atoms with Crippen LogP contribution in [0.3, 0.4) is 0 Å². The molecule has 1 aromatic carbocycles. The molecule has 4 heterocycles. The van der Waals surface area contributed by atoms with E-state index < -0.39 is 0 Å². The minimum absolute atomic E-state index is 0.114. The van der Waals surface area contributed by atoms with Crippen LogP contribution in [0.5, 0.6) is 6.01 Å². The third kappa shape index (κ3) is 5.38. The number of nitriles is 1. The lowest BCUT2D eigenvalue weighted by Gasteiger charge is -2.46. The van der Waals surface area contributed by atoms with E-state index in [-0.39, 0.29) is 23.8 Å². The summed E-state index contributed by atoms with van der Waals surface area (Å²) in [6.45, 7) is 8.07. The second kappa shape index (κ2) is 11.3. The molecule has 216 valence electrons. The number of hydrogen-bond donors (Lipinski definition) is 0. The zero-order valence-corrected chi connectivity index (χ0v) is 24.4. The number of ether oxygens (including phenoxy) is 1. The summed E-state index contributed by atoms with van der Waals surface area (Å²) in [5.74, 6) is 0.792. The zero-order chi connectivity index (χ0) is 28.6. The van der Waals surface area contributed by atoms with Crippen LogP contribution in [-0.2, 0) is 24.1 Å². The summed E-state index contributed by atoms with van der Waals surface area (Å²) in [7, 11) is 4.35. The number of fused-ring (bicyclic) bond motifs is 2. The van der Waals surface area contributed by atoms with E-state index in [1.807, 2.05) is 0 Å². The highest BCUT2D eigenvalue weighted by molar-refractivity contribution is 5.87. The Morgan fingerprint density at radius 2 is 2.05 bits per heavy atom. The summed E-state index contributed by atoms with van der Waals surface area (Å²) in [5, 5.41) is 9.53. The van der Waals surface area contributed by atoms with Crippen LogP contribution >= 0.6 is 0 Å². The maximum Gasteiger partial charge on any atom is 0.318 e. The zero-order valence-electron chi connectivity index (χ0n) is 24.4. The minimum Gasteiger partial charge on any atom is -0.462 e. The molecule has 1 aromatic heterocycles. The van der Waals surface area contributed by atoms with Gasteiger partial charge < -0.3 is 24.3 Å². The average molecular weight is 556 g/mol. The molecule has 6 rings (SSSR count). The fourth-order valence-corrected chi connectivity index (χ4v) is 7.52. The molecule has 2 fully saturated rings. The Labute approximate surface area is 243 Å². The summed E-state index contributed by atoms with van der Waals surface area (Å²) in [4.78, 5) is 31.4. The molecule has 0 bridgehead atoms. The van der Waals surface area contributed by atoms with Gasteiger partial charge in [0.1, 0.15) is 12.4 Å². The van der Waals surface area contributed by atoms with E-state index in [0.29, 0.717) is 38.3 Å². The van der Waals surface area contributed by atoms with Crippen molar-refractivity contribution in [2.75, 3.05) is 63.2 Å². The van der Waals surface area contributed by atoms with Crippen molar-refractivity contribution < 1.29 is 9.53 Å². The van der Waals surface area contributed by atoms with Gasteiger partial charge in [0.05, 0.1) is 24.2 Å². The number of hydrogen-bond acceptors (Lipinski definition) is 8. The van der Waals surface area contributed by atoms with Crippen molar-refractivity contribution in [2.45, 2.75) is 57.0 Å². The Morgan fingerprint density at radius 1 is 1.20 bits per heavy atom. The van der Waals surface area contributed by atoms with Crippen LogP contribution in [0, 0.1) is 16.7 Å². The molecule has 1 amide bonds. The monoisotopic (exact) mass is 555 g/mol. The maximum absolute atomic E-state index is 12.5. The first-order chi connectivity index (χ1) is 19.9.